The number of rotatable bonds is 6. The molecule has 0 amide bonds. The highest BCUT2D eigenvalue weighted by molar-refractivity contribution is 6.27. The molecule has 0 aliphatic carbocycles. The molecule has 0 unspecified atom stereocenters. The molecule has 7 nitrogen and oxygen atoms in total. The number of carbonyl (C=O) groups is 2. The highest BCUT2D eigenvalue weighted by Gasteiger charge is 2.15. The van der Waals surface area contributed by atoms with Crippen molar-refractivity contribution in [3.8, 4) is 5.75 Å². The van der Waals surface area contributed by atoms with E-state index >= 15 is 0 Å². The third-order valence-corrected chi connectivity index (χ3v) is 2.52. The molecule has 2 atom stereocenters. The van der Waals surface area contributed by atoms with E-state index < -0.39 is 18.0 Å². The number of para-hydroxylation sites is 1. The zero-order chi connectivity index (χ0) is 17.1. The molecule has 124 valence electrons. The fraction of sp³-hybridized carbons (Fsp3) is 0.467. The normalized spacial score (nSPS) is 12.8. The zero-order valence-corrected chi connectivity index (χ0v) is 12.9. The Bertz CT molecular complexity index is 437. The Kier molecular flexibility index (Phi) is 9.56. The van der Waals surface area contributed by atoms with Crippen LogP contribution >= 0.6 is 0 Å². The van der Waals surface area contributed by atoms with Crippen LogP contribution in [0, 0.1) is 0 Å². The van der Waals surface area contributed by atoms with Gasteiger partial charge in [-0.15, -0.1) is 0 Å². The van der Waals surface area contributed by atoms with Crippen molar-refractivity contribution in [2.75, 3.05) is 6.61 Å². The van der Waals surface area contributed by atoms with Gasteiger partial charge in [0.15, 0.2) is 0 Å². The maximum absolute atomic E-state index is 9.84. The smallest absolute Gasteiger partial charge is 0.414 e. The SMILES string of the molecule is CC(C)N[C@@H](C)[C@@H](O)COc1ccccc1.O=C(O)C(=O)O. The number of benzene rings is 1. The molecule has 0 spiro atoms. The lowest BCUT2D eigenvalue weighted by molar-refractivity contribution is -0.159. The van der Waals surface area contributed by atoms with Gasteiger partial charge in [-0.25, -0.2) is 9.59 Å². The minimum atomic E-state index is -1.82. The van der Waals surface area contributed by atoms with E-state index in [1.807, 2.05) is 37.3 Å². The molecular formula is C15H23NO6. The fourth-order valence-electron chi connectivity index (χ4n) is 1.48. The van der Waals surface area contributed by atoms with Gasteiger partial charge in [0, 0.05) is 12.1 Å². The van der Waals surface area contributed by atoms with Crippen molar-refractivity contribution < 1.29 is 29.6 Å². The molecule has 0 radical (unpaired) electrons. The predicted molar refractivity (Wildman–Crippen MR) is 80.9 cm³/mol. The highest BCUT2D eigenvalue weighted by atomic mass is 16.5. The van der Waals surface area contributed by atoms with Gasteiger partial charge in [-0.05, 0) is 19.1 Å². The molecule has 22 heavy (non-hydrogen) atoms. The second-order valence-corrected chi connectivity index (χ2v) is 4.91. The molecule has 1 aromatic carbocycles. The number of ether oxygens (including phenoxy) is 1. The molecule has 0 bridgehead atoms. The summed E-state index contributed by atoms with van der Waals surface area (Å²) in [7, 11) is 0. The van der Waals surface area contributed by atoms with Crippen LogP contribution in [0.2, 0.25) is 0 Å². The summed E-state index contributed by atoms with van der Waals surface area (Å²) >= 11 is 0. The van der Waals surface area contributed by atoms with E-state index in [-0.39, 0.29) is 6.04 Å². The van der Waals surface area contributed by atoms with E-state index in [0.717, 1.165) is 5.75 Å². The lowest BCUT2D eigenvalue weighted by Crippen LogP contribution is -2.43. The Hall–Kier alpha value is -2.12. The summed E-state index contributed by atoms with van der Waals surface area (Å²) in [5.41, 5.74) is 0. The Balaban J connectivity index is 0.000000626. The standard InChI is InChI=1S/C13H21NO2.C2H2O4/c1-10(2)14-11(3)13(15)9-16-12-7-5-4-6-8-12;3-1(4)2(5)6/h4-8,10-11,13-15H,9H2,1-3H3;(H,3,4)(H,5,6)/t11-,13-;/m0./s1. The van der Waals surface area contributed by atoms with Gasteiger partial charge < -0.3 is 25.4 Å². The lowest BCUT2D eigenvalue weighted by atomic mass is 10.2. The largest absolute Gasteiger partial charge is 0.491 e. The van der Waals surface area contributed by atoms with Crippen molar-refractivity contribution in [1.29, 1.82) is 0 Å². The van der Waals surface area contributed by atoms with E-state index in [1.165, 1.54) is 0 Å². The maximum atomic E-state index is 9.84. The number of aliphatic hydroxyl groups excluding tert-OH is 1. The molecule has 0 saturated carbocycles. The molecular weight excluding hydrogens is 290 g/mol. The first kappa shape index (κ1) is 19.9. The summed E-state index contributed by atoms with van der Waals surface area (Å²) < 4.78 is 5.48. The van der Waals surface area contributed by atoms with Crippen LogP contribution in [0.3, 0.4) is 0 Å². The van der Waals surface area contributed by atoms with Crippen molar-refractivity contribution in [3.05, 3.63) is 30.3 Å². The first-order valence-corrected chi connectivity index (χ1v) is 6.82. The highest BCUT2D eigenvalue weighted by Crippen LogP contribution is 2.09. The predicted octanol–water partition coefficient (Wildman–Crippen LogP) is 0.968. The Morgan fingerprint density at radius 3 is 2.00 bits per heavy atom. The number of hydrogen-bond acceptors (Lipinski definition) is 5. The molecule has 4 N–H and O–H groups in total. The molecule has 0 aromatic heterocycles. The summed E-state index contributed by atoms with van der Waals surface area (Å²) in [5, 5.41) is 27.9. The molecule has 0 fully saturated rings. The van der Waals surface area contributed by atoms with E-state index in [2.05, 4.69) is 19.2 Å². The van der Waals surface area contributed by atoms with E-state index in [9.17, 15) is 5.11 Å². The first-order valence-electron chi connectivity index (χ1n) is 6.82. The topological polar surface area (TPSA) is 116 Å². The van der Waals surface area contributed by atoms with E-state index in [1.54, 1.807) is 0 Å². The number of carboxylic acids is 2. The number of hydrogen-bond donors (Lipinski definition) is 4. The van der Waals surface area contributed by atoms with Crippen molar-refractivity contribution in [1.82, 2.24) is 5.32 Å². The monoisotopic (exact) mass is 313 g/mol. The summed E-state index contributed by atoms with van der Waals surface area (Å²) in [4.78, 5) is 18.2. The third-order valence-electron chi connectivity index (χ3n) is 2.52. The quantitative estimate of drug-likeness (QED) is 0.578. The average molecular weight is 313 g/mol. The van der Waals surface area contributed by atoms with E-state index in [4.69, 9.17) is 24.5 Å². The van der Waals surface area contributed by atoms with Gasteiger partial charge in [0.25, 0.3) is 0 Å². The number of aliphatic carboxylic acids is 2. The minimum Gasteiger partial charge on any atom is -0.491 e. The summed E-state index contributed by atoms with van der Waals surface area (Å²) in [5.74, 6) is -2.86. The Morgan fingerprint density at radius 2 is 1.59 bits per heavy atom. The van der Waals surface area contributed by atoms with Gasteiger partial charge in [-0.1, -0.05) is 32.0 Å². The van der Waals surface area contributed by atoms with Crippen molar-refractivity contribution in [3.63, 3.8) is 0 Å². The summed E-state index contributed by atoms with van der Waals surface area (Å²) in [6, 6.07) is 9.92. The molecule has 1 rings (SSSR count). The minimum absolute atomic E-state index is 0.0312. The van der Waals surface area contributed by atoms with Crippen LogP contribution in [0.25, 0.3) is 0 Å². The van der Waals surface area contributed by atoms with E-state index in [0.29, 0.717) is 12.6 Å². The van der Waals surface area contributed by atoms with Crippen molar-refractivity contribution in [2.45, 2.75) is 39.0 Å². The third kappa shape index (κ3) is 9.73. The van der Waals surface area contributed by atoms with Gasteiger partial charge in [0.2, 0.25) is 0 Å². The average Bonchev–Trinajstić information content (AvgIpc) is 2.45. The van der Waals surface area contributed by atoms with Crippen molar-refractivity contribution in [2.24, 2.45) is 0 Å². The zero-order valence-electron chi connectivity index (χ0n) is 12.9. The second kappa shape index (κ2) is 10.6. The molecule has 0 aliphatic rings. The van der Waals surface area contributed by atoms with Crippen molar-refractivity contribution >= 4 is 11.9 Å². The van der Waals surface area contributed by atoms with Gasteiger partial charge >= 0.3 is 11.9 Å². The maximum Gasteiger partial charge on any atom is 0.414 e. The van der Waals surface area contributed by atoms with Crippen LogP contribution < -0.4 is 10.1 Å². The van der Waals surface area contributed by atoms with Crippen LogP contribution in [-0.2, 0) is 9.59 Å². The van der Waals surface area contributed by atoms with Crippen LogP contribution in [0.4, 0.5) is 0 Å². The number of carboxylic acid groups (broad SMARTS) is 2. The molecule has 0 heterocycles. The first-order chi connectivity index (χ1) is 10.2. The fourth-order valence-corrected chi connectivity index (χ4v) is 1.48. The Morgan fingerprint density at radius 1 is 1.09 bits per heavy atom. The summed E-state index contributed by atoms with van der Waals surface area (Å²) in [6.07, 6.45) is -0.498. The summed E-state index contributed by atoms with van der Waals surface area (Å²) in [6.45, 7) is 6.38. The van der Waals surface area contributed by atoms with Crippen LogP contribution in [-0.4, -0.2) is 52.1 Å². The van der Waals surface area contributed by atoms with Gasteiger partial charge in [-0.3, -0.25) is 0 Å². The van der Waals surface area contributed by atoms with Gasteiger partial charge in [0.05, 0.1) is 0 Å². The molecule has 0 aliphatic heterocycles. The molecule has 7 heteroatoms. The lowest BCUT2D eigenvalue weighted by Gasteiger charge is -2.22. The van der Waals surface area contributed by atoms with Gasteiger partial charge in [0.1, 0.15) is 18.5 Å². The number of nitrogens with one attached hydrogen (secondary N) is 1. The molecule has 0 saturated heterocycles. The number of aliphatic hydroxyl groups is 1. The van der Waals surface area contributed by atoms with Gasteiger partial charge in [-0.2, -0.15) is 0 Å². The molecule has 1 aromatic rings. The van der Waals surface area contributed by atoms with Crippen LogP contribution in [0.1, 0.15) is 20.8 Å². The Labute approximate surface area is 129 Å². The van der Waals surface area contributed by atoms with Crippen LogP contribution in [0.5, 0.6) is 5.75 Å². The second-order valence-electron chi connectivity index (χ2n) is 4.91. The van der Waals surface area contributed by atoms with Crippen LogP contribution in [0.15, 0.2) is 30.3 Å².